The maximum atomic E-state index is 11.7. The van der Waals surface area contributed by atoms with Crippen LogP contribution in [-0.4, -0.2) is 35.0 Å². The number of azo groups is 1. The molecule has 0 heterocycles. The molecule has 0 spiro atoms. The average molecular weight is 293 g/mol. The number of aliphatic hydroxyl groups excluding tert-OH is 1. The van der Waals surface area contributed by atoms with Crippen LogP contribution in [0.15, 0.2) is 40.6 Å². The lowest BCUT2D eigenvalue weighted by Gasteiger charge is -2.24. The van der Waals surface area contributed by atoms with Gasteiger partial charge in [0, 0.05) is 0 Å². The van der Waals surface area contributed by atoms with Crippen molar-refractivity contribution in [2.45, 2.75) is 32.5 Å². The third-order valence-corrected chi connectivity index (χ3v) is 2.78. The maximum Gasteiger partial charge on any atom is 0.333 e. The quantitative estimate of drug-likeness (QED) is 0.322. The number of urea groups is 1. The predicted octanol–water partition coefficient (Wildman–Crippen LogP) is 1.81. The van der Waals surface area contributed by atoms with Crippen molar-refractivity contribution in [3.63, 3.8) is 0 Å². The molecule has 0 aliphatic rings. The molecule has 0 aliphatic heterocycles. The molecule has 1 aromatic carbocycles. The average Bonchev–Trinajstić information content (AvgIpc) is 2.45. The largest absolute Gasteiger partial charge is 0.394 e. The van der Waals surface area contributed by atoms with Gasteiger partial charge >= 0.3 is 6.03 Å². The number of nitrogens with one attached hydrogen (secondary N) is 1. The minimum absolute atomic E-state index is 0.0550. The molecule has 0 aromatic heterocycles. The van der Waals surface area contributed by atoms with E-state index < -0.39 is 11.7 Å². The fraction of sp³-hybridized carbons (Fsp3) is 0.500. The van der Waals surface area contributed by atoms with E-state index in [9.17, 15) is 4.79 Å². The number of carbonyl (C=O) groups excluding carboxylic acids is 1. The van der Waals surface area contributed by atoms with Crippen molar-refractivity contribution in [3.05, 3.63) is 35.9 Å². The van der Waals surface area contributed by atoms with Crippen molar-refractivity contribution in [2.24, 2.45) is 16.1 Å². The molecule has 2 amide bonds. The van der Waals surface area contributed by atoms with Crippen LogP contribution in [0.1, 0.15) is 32.4 Å². The Labute approximate surface area is 124 Å². The Hall–Kier alpha value is -1.99. The van der Waals surface area contributed by atoms with Gasteiger partial charge in [0.1, 0.15) is 5.66 Å². The first-order valence-electron chi connectivity index (χ1n) is 6.78. The number of hydrazine groups is 1. The Morgan fingerprint density at radius 3 is 2.62 bits per heavy atom. The highest BCUT2D eigenvalue weighted by Gasteiger charge is 2.22. The Bertz CT molecular complexity index is 476. The number of benzene rings is 1. The lowest BCUT2D eigenvalue weighted by Crippen LogP contribution is -2.52. The van der Waals surface area contributed by atoms with Crippen molar-refractivity contribution in [2.75, 3.05) is 13.2 Å². The summed E-state index contributed by atoms with van der Waals surface area (Å²) in [7, 11) is 0. The highest BCUT2D eigenvalue weighted by Crippen LogP contribution is 2.18. The van der Waals surface area contributed by atoms with E-state index in [-0.39, 0.29) is 19.2 Å². The third-order valence-electron chi connectivity index (χ3n) is 2.78. The number of nitrogens with two attached hydrogens (primary N) is 1. The van der Waals surface area contributed by atoms with Gasteiger partial charge in [-0.05, 0) is 26.3 Å². The summed E-state index contributed by atoms with van der Waals surface area (Å²) in [6, 6.07) is 9.14. The number of nitrogens with zero attached hydrogens (tertiary/aromatic N) is 3. The second-order valence-corrected chi connectivity index (χ2v) is 5.21. The molecule has 0 saturated carbocycles. The van der Waals surface area contributed by atoms with Gasteiger partial charge in [0.05, 0.1) is 19.2 Å². The molecule has 1 rings (SSSR count). The van der Waals surface area contributed by atoms with Gasteiger partial charge in [-0.2, -0.15) is 10.2 Å². The molecule has 1 unspecified atom stereocenters. The Balaban J connectivity index is 2.63. The summed E-state index contributed by atoms with van der Waals surface area (Å²) < 4.78 is 0. The summed E-state index contributed by atoms with van der Waals surface area (Å²) in [6.45, 7) is 5.23. The van der Waals surface area contributed by atoms with E-state index in [0.29, 0.717) is 0 Å². The Kier molecular flexibility index (Phi) is 6.26. The van der Waals surface area contributed by atoms with Crippen molar-refractivity contribution in [3.8, 4) is 0 Å². The number of aliphatic hydroxyl groups is 1. The van der Waals surface area contributed by atoms with Crippen LogP contribution < -0.4 is 11.2 Å². The summed E-state index contributed by atoms with van der Waals surface area (Å²) in [5, 5.41) is 20.7. The van der Waals surface area contributed by atoms with Crippen molar-refractivity contribution in [1.29, 1.82) is 0 Å². The Morgan fingerprint density at radius 1 is 1.43 bits per heavy atom. The van der Waals surface area contributed by atoms with Crippen LogP contribution in [0.5, 0.6) is 0 Å². The van der Waals surface area contributed by atoms with Crippen molar-refractivity contribution in [1.82, 2.24) is 10.3 Å². The second kappa shape index (κ2) is 7.70. The van der Waals surface area contributed by atoms with E-state index in [2.05, 4.69) is 15.5 Å². The summed E-state index contributed by atoms with van der Waals surface area (Å²) in [6.07, 6.45) is 0. The smallest absolute Gasteiger partial charge is 0.333 e. The first-order valence-corrected chi connectivity index (χ1v) is 6.78. The molecule has 4 N–H and O–H groups in total. The minimum Gasteiger partial charge on any atom is -0.394 e. The standard InChI is InChI=1S/C14H23N5O2/c1-11(12-7-5-4-6-8-12)17-18-14(2,3)16-13(21)19(15)9-10-20/h4-8,11,20H,9-10,15H2,1-3H3,(H,16,21)/b18-17+. The van der Waals surface area contributed by atoms with Crippen LogP contribution in [0.3, 0.4) is 0 Å². The SMILES string of the molecule is CC(/N=N/C(C)(C)NC(=O)N(N)CCO)c1ccccc1. The summed E-state index contributed by atoms with van der Waals surface area (Å²) in [5.74, 6) is 5.47. The fourth-order valence-electron chi connectivity index (χ4n) is 1.60. The van der Waals surface area contributed by atoms with Crippen LogP contribution >= 0.6 is 0 Å². The van der Waals surface area contributed by atoms with Gasteiger partial charge in [0.15, 0.2) is 0 Å². The summed E-state index contributed by atoms with van der Waals surface area (Å²) >= 11 is 0. The number of carbonyl (C=O) groups is 1. The molecule has 7 nitrogen and oxygen atoms in total. The van der Waals surface area contributed by atoms with Gasteiger partial charge < -0.3 is 10.4 Å². The number of amides is 2. The first-order chi connectivity index (χ1) is 9.85. The lowest BCUT2D eigenvalue weighted by molar-refractivity contribution is 0.169. The Morgan fingerprint density at radius 2 is 2.05 bits per heavy atom. The zero-order valence-corrected chi connectivity index (χ0v) is 12.7. The molecular formula is C14H23N5O2. The summed E-state index contributed by atoms with van der Waals surface area (Å²) in [4.78, 5) is 11.7. The topological polar surface area (TPSA) is 103 Å². The first kappa shape index (κ1) is 17.1. The van der Waals surface area contributed by atoms with Crippen molar-refractivity contribution >= 4 is 6.03 Å². The minimum atomic E-state index is -0.882. The fourth-order valence-corrected chi connectivity index (χ4v) is 1.60. The molecule has 21 heavy (non-hydrogen) atoms. The van der Waals surface area contributed by atoms with E-state index in [1.807, 2.05) is 37.3 Å². The number of hydrogen-bond acceptors (Lipinski definition) is 5. The van der Waals surface area contributed by atoms with Gasteiger partial charge in [-0.1, -0.05) is 30.3 Å². The maximum absolute atomic E-state index is 11.7. The van der Waals surface area contributed by atoms with Crippen LogP contribution in [0, 0.1) is 0 Å². The number of rotatable bonds is 6. The van der Waals surface area contributed by atoms with Crippen LogP contribution in [0.2, 0.25) is 0 Å². The molecule has 1 aromatic rings. The molecule has 0 fully saturated rings. The molecule has 0 aliphatic carbocycles. The van der Waals surface area contributed by atoms with Gasteiger partial charge in [-0.15, -0.1) is 0 Å². The molecule has 116 valence electrons. The highest BCUT2D eigenvalue weighted by molar-refractivity contribution is 5.74. The zero-order chi connectivity index (χ0) is 15.9. The van der Waals surface area contributed by atoms with Crippen LogP contribution in [-0.2, 0) is 0 Å². The van der Waals surface area contributed by atoms with E-state index in [4.69, 9.17) is 10.9 Å². The molecular weight excluding hydrogens is 270 g/mol. The normalized spacial score (nSPS) is 13.2. The van der Waals surface area contributed by atoms with E-state index >= 15 is 0 Å². The van der Waals surface area contributed by atoms with Crippen LogP contribution in [0.25, 0.3) is 0 Å². The summed E-state index contributed by atoms with van der Waals surface area (Å²) in [5.41, 5.74) is 0.164. The van der Waals surface area contributed by atoms with Crippen molar-refractivity contribution < 1.29 is 9.90 Å². The lowest BCUT2D eigenvalue weighted by atomic mass is 10.1. The predicted molar refractivity (Wildman–Crippen MR) is 80.3 cm³/mol. The highest BCUT2D eigenvalue weighted by atomic mass is 16.3. The molecule has 1 atom stereocenters. The van der Waals surface area contributed by atoms with E-state index in [1.165, 1.54) is 0 Å². The van der Waals surface area contributed by atoms with Gasteiger partial charge in [-0.25, -0.2) is 10.6 Å². The molecule has 0 saturated heterocycles. The second-order valence-electron chi connectivity index (χ2n) is 5.21. The van der Waals surface area contributed by atoms with Gasteiger partial charge in [0.2, 0.25) is 0 Å². The van der Waals surface area contributed by atoms with E-state index in [1.54, 1.807) is 13.8 Å². The van der Waals surface area contributed by atoms with E-state index in [0.717, 1.165) is 10.6 Å². The third kappa shape index (κ3) is 5.88. The monoisotopic (exact) mass is 293 g/mol. The van der Waals surface area contributed by atoms with Gasteiger partial charge in [0.25, 0.3) is 0 Å². The molecule has 7 heteroatoms. The molecule has 0 bridgehead atoms. The van der Waals surface area contributed by atoms with Gasteiger partial charge in [-0.3, -0.25) is 5.01 Å². The zero-order valence-electron chi connectivity index (χ0n) is 12.7. The molecule has 0 radical (unpaired) electrons. The van der Waals surface area contributed by atoms with Crippen LogP contribution in [0.4, 0.5) is 4.79 Å². The number of hydrogen-bond donors (Lipinski definition) is 3.